The van der Waals surface area contributed by atoms with Gasteiger partial charge in [0.2, 0.25) is 0 Å². The Hall–Kier alpha value is -2.04. The van der Waals surface area contributed by atoms with Crippen LogP contribution >= 0.6 is 11.6 Å². The van der Waals surface area contributed by atoms with Crippen molar-refractivity contribution >= 4 is 23.3 Å². The van der Waals surface area contributed by atoms with Crippen LogP contribution in [0.2, 0.25) is 5.02 Å². The number of hydrogen-bond acceptors (Lipinski definition) is 4. The molecule has 3 rings (SSSR count). The van der Waals surface area contributed by atoms with E-state index in [9.17, 15) is 4.79 Å². The first-order valence-electron chi connectivity index (χ1n) is 8.65. The first-order chi connectivity index (χ1) is 12.2. The lowest BCUT2D eigenvalue weighted by molar-refractivity contribution is 0.0526. The zero-order chi connectivity index (χ0) is 17.6. The standard InChI is InChI=1S/C20H23ClN2O2/c1-2-25-20(24)18-14-17(8-9-19(18)21)23-12-10-22(11-13-23)15-16-6-4-3-5-7-16/h3-9,14H,2,10-13,15H2,1H3. The Morgan fingerprint density at radius 3 is 2.48 bits per heavy atom. The van der Waals surface area contributed by atoms with E-state index in [4.69, 9.17) is 16.3 Å². The van der Waals surface area contributed by atoms with Gasteiger partial charge in [-0.1, -0.05) is 41.9 Å². The van der Waals surface area contributed by atoms with Gasteiger partial charge in [0.15, 0.2) is 0 Å². The number of carbonyl (C=O) groups is 1. The van der Waals surface area contributed by atoms with Gasteiger partial charge in [-0.2, -0.15) is 0 Å². The second kappa shape index (κ2) is 8.37. The van der Waals surface area contributed by atoms with E-state index in [1.807, 2.05) is 18.2 Å². The van der Waals surface area contributed by atoms with Crippen molar-refractivity contribution < 1.29 is 9.53 Å². The third-order valence-electron chi connectivity index (χ3n) is 4.43. The second-order valence-electron chi connectivity index (χ2n) is 6.13. The molecule has 0 amide bonds. The van der Waals surface area contributed by atoms with Crippen molar-refractivity contribution in [3.8, 4) is 0 Å². The number of halogens is 1. The Morgan fingerprint density at radius 1 is 1.08 bits per heavy atom. The van der Waals surface area contributed by atoms with Crippen LogP contribution in [0, 0.1) is 0 Å². The fourth-order valence-corrected chi connectivity index (χ4v) is 3.28. The van der Waals surface area contributed by atoms with E-state index < -0.39 is 0 Å². The number of hydrogen-bond donors (Lipinski definition) is 0. The second-order valence-corrected chi connectivity index (χ2v) is 6.54. The van der Waals surface area contributed by atoms with E-state index in [1.165, 1.54) is 5.56 Å². The van der Waals surface area contributed by atoms with Gasteiger partial charge in [0.25, 0.3) is 0 Å². The minimum atomic E-state index is -0.364. The van der Waals surface area contributed by atoms with Crippen LogP contribution in [0.4, 0.5) is 5.69 Å². The van der Waals surface area contributed by atoms with Gasteiger partial charge < -0.3 is 9.64 Å². The molecule has 1 aliphatic heterocycles. The quantitative estimate of drug-likeness (QED) is 0.760. The molecule has 2 aromatic rings. The average molecular weight is 359 g/mol. The average Bonchev–Trinajstić information content (AvgIpc) is 2.64. The summed E-state index contributed by atoms with van der Waals surface area (Å²) < 4.78 is 5.08. The van der Waals surface area contributed by atoms with E-state index in [2.05, 4.69) is 34.1 Å². The molecule has 2 aromatic carbocycles. The normalized spacial score (nSPS) is 15.2. The monoisotopic (exact) mass is 358 g/mol. The molecule has 0 unspecified atom stereocenters. The highest BCUT2D eigenvalue weighted by molar-refractivity contribution is 6.33. The molecule has 4 nitrogen and oxygen atoms in total. The molecule has 0 spiro atoms. The molecule has 0 atom stereocenters. The Bertz CT molecular complexity index is 713. The van der Waals surface area contributed by atoms with Gasteiger partial charge >= 0.3 is 5.97 Å². The molecule has 0 bridgehead atoms. The largest absolute Gasteiger partial charge is 0.462 e. The highest BCUT2D eigenvalue weighted by Crippen LogP contribution is 2.25. The summed E-state index contributed by atoms with van der Waals surface area (Å²) in [5.41, 5.74) is 2.80. The third kappa shape index (κ3) is 4.53. The summed E-state index contributed by atoms with van der Waals surface area (Å²) in [5.74, 6) is -0.364. The minimum absolute atomic E-state index is 0.345. The van der Waals surface area contributed by atoms with E-state index >= 15 is 0 Å². The number of piperazine rings is 1. The van der Waals surface area contributed by atoms with Gasteiger partial charge in [0.1, 0.15) is 0 Å². The third-order valence-corrected chi connectivity index (χ3v) is 4.76. The van der Waals surface area contributed by atoms with E-state index in [-0.39, 0.29) is 5.97 Å². The van der Waals surface area contributed by atoms with Crippen LogP contribution in [0.5, 0.6) is 0 Å². The Morgan fingerprint density at radius 2 is 1.80 bits per heavy atom. The van der Waals surface area contributed by atoms with Crippen LogP contribution in [0.3, 0.4) is 0 Å². The van der Waals surface area contributed by atoms with Crippen molar-refractivity contribution in [2.24, 2.45) is 0 Å². The van der Waals surface area contributed by atoms with Crippen molar-refractivity contribution in [3.63, 3.8) is 0 Å². The van der Waals surface area contributed by atoms with Crippen LogP contribution < -0.4 is 4.90 Å². The summed E-state index contributed by atoms with van der Waals surface area (Å²) >= 11 is 6.15. The van der Waals surface area contributed by atoms with Gasteiger partial charge in [-0.15, -0.1) is 0 Å². The SMILES string of the molecule is CCOC(=O)c1cc(N2CCN(Cc3ccccc3)CC2)ccc1Cl. The fraction of sp³-hybridized carbons (Fsp3) is 0.350. The zero-order valence-corrected chi connectivity index (χ0v) is 15.2. The number of esters is 1. The molecular weight excluding hydrogens is 336 g/mol. The van der Waals surface area contributed by atoms with E-state index in [0.29, 0.717) is 17.2 Å². The molecule has 1 fully saturated rings. The van der Waals surface area contributed by atoms with Crippen molar-refractivity contribution in [1.29, 1.82) is 0 Å². The Labute approximate surface area is 154 Å². The molecule has 132 valence electrons. The van der Waals surface area contributed by atoms with Gasteiger partial charge in [-0.3, -0.25) is 4.90 Å². The lowest BCUT2D eigenvalue weighted by Gasteiger charge is -2.36. The predicted molar refractivity (Wildman–Crippen MR) is 101 cm³/mol. The first-order valence-corrected chi connectivity index (χ1v) is 9.03. The summed E-state index contributed by atoms with van der Waals surface area (Å²) in [5, 5.41) is 0.435. The van der Waals surface area contributed by atoms with Crippen molar-refractivity contribution in [2.75, 3.05) is 37.7 Å². The van der Waals surface area contributed by atoms with Crippen LogP contribution in [0.15, 0.2) is 48.5 Å². The van der Waals surface area contributed by atoms with Gasteiger partial charge in [0, 0.05) is 38.4 Å². The van der Waals surface area contributed by atoms with Crippen LogP contribution in [-0.2, 0) is 11.3 Å². The summed E-state index contributed by atoms with van der Waals surface area (Å²) in [7, 11) is 0. The molecule has 0 radical (unpaired) electrons. The zero-order valence-electron chi connectivity index (χ0n) is 14.5. The molecule has 1 aliphatic rings. The lowest BCUT2D eigenvalue weighted by atomic mass is 10.1. The summed E-state index contributed by atoms with van der Waals surface area (Å²) in [6.07, 6.45) is 0. The molecular formula is C20H23ClN2O2. The molecule has 5 heteroatoms. The smallest absolute Gasteiger partial charge is 0.339 e. The number of rotatable bonds is 5. The molecule has 0 saturated carbocycles. The summed E-state index contributed by atoms with van der Waals surface area (Å²) in [6.45, 7) is 6.95. The molecule has 25 heavy (non-hydrogen) atoms. The minimum Gasteiger partial charge on any atom is -0.462 e. The van der Waals surface area contributed by atoms with Crippen LogP contribution in [0.25, 0.3) is 0 Å². The number of carbonyl (C=O) groups excluding carboxylic acids is 1. The number of ether oxygens (including phenoxy) is 1. The maximum atomic E-state index is 12.0. The first kappa shape index (κ1) is 17.8. The molecule has 0 aromatic heterocycles. The number of nitrogens with zero attached hydrogens (tertiary/aromatic N) is 2. The number of benzene rings is 2. The van der Waals surface area contributed by atoms with E-state index in [0.717, 1.165) is 38.4 Å². The van der Waals surface area contributed by atoms with Gasteiger partial charge in [0.05, 0.1) is 17.2 Å². The van der Waals surface area contributed by atoms with Crippen molar-refractivity contribution in [3.05, 3.63) is 64.7 Å². The van der Waals surface area contributed by atoms with Gasteiger partial charge in [-0.25, -0.2) is 4.79 Å². The summed E-state index contributed by atoms with van der Waals surface area (Å²) in [4.78, 5) is 16.8. The van der Waals surface area contributed by atoms with Crippen LogP contribution in [-0.4, -0.2) is 43.7 Å². The van der Waals surface area contributed by atoms with Crippen molar-refractivity contribution in [1.82, 2.24) is 4.90 Å². The molecule has 0 N–H and O–H groups in total. The van der Waals surface area contributed by atoms with Gasteiger partial charge in [-0.05, 0) is 30.7 Å². The fourth-order valence-electron chi connectivity index (χ4n) is 3.08. The maximum Gasteiger partial charge on any atom is 0.339 e. The Balaban J connectivity index is 1.63. The van der Waals surface area contributed by atoms with Crippen LogP contribution in [0.1, 0.15) is 22.8 Å². The predicted octanol–water partition coefficient (Wildman–Crippen LogP) is 3.84. The molecule has 1 heterocycles. The molecule has 1 saturated heterocycles. The summed E-state index contributed by atoms with van der Waals surface area (Å²) in [6, 6.07) is 16.1. The lowest BCUT2D eigenvalue weighted by Crippen LogP contribution is -2.46. The van der Waals surface area contributed by atoms with E-state index in [1.54, 1.807) is 13.0 Å². The topological polar surface area (TPSA) is 32.8 Å². The number of anilines is 1. The molecule has 0 aliphatic carbocycles. The highest BCUT2D eigenvalue weighted by Gasteiger charge is 2.19. The maximum absolute atomic E-state index is 12.0. The Kier molecular flexibility index (Phi) is 5.95. The van der Waals surface area contributed by atoms with Crippen molar-refractivity contribution in [2.45, 2.75) is 13.5 Å². The highest BCUT2D eigenvalue weighted by atomic mass is 35.5.